The van der Waals surface area contributed by atoms with Crippen LogP contribution in [0.15, 0.2) is 0 Å². The summed E-state index contributed by atoms with van der Waals surface area (Å²) < 4.78 is 0. The van der Waals surface area contributed by atoms with Gasteiger partial charge in [0, 0.05) is 0 Å². The molecule has 0 aromatic carbocycles. The second-order valence-corrected chi connectivity index (χ2v) is 2.34. The van der Waals surface area contributed by atoms with Gasteiger partial charge >= 0.3 is 0 Å². The minimum atomic E-state index is -0.0324. The molecule has 0 aliphatic heterocycles. The molecule has 41 valence electrons. The van der Waals surface area contributed by atoms with Crippen LogP contribution in [0, 0.1) is 12.3 Å². The third kappa shape index (κ3) is 1.16. The topological polar surface area (TPSA) is 20.2 Å². The molecule has 0 aromatic rings. The summed E-state index contributed by atoms with van der Waals surface area (Å²) in [6, 6.07) is 0. The van der Waals surface area contributed by atoms with Gasteiger partial charge in [0.1, 0.15) is 0 Å². The van der Waals surface area contributed by atoms with E-state index in [1.807, 2.05) is 0 Å². The molecule has 1 saturated carbocycles. The summed E-state index contributed by atoms with van der Waals surface area (Å²) in [5.74, 6) is 0.648. The predicted octanol–water partition coefficient (Wildman–Crippen LogP) is 0.981. The fourth-order valence-electron chi connectivity index (χ4n) is 1.01. The summed E-state index contributed by atoms with van der Waals surface area (Å²) in [6.45, 7) is 2.14. The van der Waals surface area contributed by atoms with E-state index < -0.39 is 0 Å². The van der Waals surface area contributed by atoms with Gasteiger partial charge in [-0.2, -0.15) is 0 Å². The lowest BCUT2D eigenvalue weighted by Gasteiger charge is -1.95. The zero-order valence-electron chi connectivity index (χ0n) is 4.59. The van der Waals surface area contributed by atoms with E-state index in [0.29, 0.717) is 5.92 Å². The molecule has 0 aromatic heterocycles. The maximum absolute atomic E-state index is 8.87. The molecule has 1 aliphatic carbocycles. The van der Waals surface area contributed by atoms with E-state index in [1.165, 1.54) is 0 Å². The van der Waals surface area contributed by atoms with Crippen molar-refractivity contribution in [1.82, 2.24) is 0 Å². The van der Waals surface area contributed by atoms with E-state index in [9.17, 15) is 0 Å². The summed E-state index contributed by atoms with van der Waals surface area (Å²) in [7, 11) is 0. The molecule has 1 heteroatoms. The molecule has 0 saturated heterocycles. The Balaban J connectivity index is 2.26. The van der Waals surface area contributed by atoms with Crippen LogP contribution in [-0.2, 0) is 0 Å². The van der Waals surface area contributed by atoms with Gasteiger partial charge in [-0.05, 0) is 25.2 Å². The molecule has 1 nitrogen and oxygen atoms in total. The fourth-order valence-corrected chi connectivity index (χ4v) is 1.01. The molecular weight excluding hydrogens is 88.1 g/mol. The molecular formula is C6H11O. The molecule has 1 radical (unpaired) electrons. The van der Waals surface area contributed by atoms with Gasteiger partial charge in [-0.25, -0.2) is 0 Å². The molecule has 0 bridgehead atoms. The molecule has 7 heavy (non-hydrogen) atoms. The summed E-state index contributed by atoms with van der Waals surface area (Å²) >= 11 is 0. The largest absolute Gasteiger partial charge is 0.393 e. The Kier molecular flexibility index (Phi) is 1.33. The number of hydrogen-bond acceptors (Lipinski definition) is 1. The second kappa shape index (κ2) is 1.83. The van der Waals surface area contributed by atoms with Crippen LogP contribution in [-0.4, -0.2) is 11.2 Å². The lowest BCUT2D eigenvalue weighted by Crippen LogP contribution is -1.97. The zero-order chi connectivity index (χ0) is 5.28. The van der Waals surface area contributed by atoms with Crippen LogP contribution in [0.5, 0.6) is 0 Å². The Morgan fingerprint density at radius 3 is 2.57 bits per heavy atom. The number of aliphatic hydroxyl groups is 1. The monoisotopic (exact) mass is 99.1 g/mol. The van der Waals surface area contributed by atoms with Gasteiger partial charge in [0.25, 0.3) is 0 Å². The van der Waals surface area contributed by atoms with E-state index in [0.717, 1.165) is 12.8 Å². The smallest absolute Gasteiger partial charge is 0.0545 e. The highest BCUT2D eigenvalue weighted by Gasteiger charge is 2.17. The van der Waals surface area contributed by atoms with Crippen molar-refractivity contribution in [2.45, 2.75) is 25.9 Å². The van der Waals surface area contributed by atoms with E-state index in [-0.39, 0.29) is 6.10 Å². The van der Waals surface area contributed by atoms with Crippen molar-refractivity contribution < 1.29 is 5.11 Å². The third-order valence-electron chi connectivity index (χ3n) is 1.45. The molecule has 1 rings (SSSR count). The van der Waals surface area contributed by atoms with Gasteiger partial charge in [0.05, 0.1) is 6.10 Å². The summed E-state index contributed by atoms with van der Waals surface area (Å²) in [5.41, 5.74) is 0. The van der Waals surface area contributed by atoms with Gasteiger partial charge in [-0.1, -0.05) is 6.92 Å². The highest BCUT2D eigenvalue weighted by Crippen LogP contribution is 2.22. The van der Waals surface area contributed by atoms with Crippen molar-refractivity contribution in [3.63, 3.8) is 0 Å². The van der Waals surface area contributed by atoms with E-state index in [4.69, 9.17) is 5.11 Å². The van der Waals surface area contributed by atoms with Crippen molar-refractivity contribution in [2.75, 3.05) is 0 Å². The number of aliphatic hydroxyl groups excluding tert-OH is 1. The Bertz CT molecular complexity index is 53.2. The van der Waals surface area contributed by atoms with Crippen LogP contribution in [0.2, 0.25) is 0 Å². The van der Waals surface area contributed by atoms with Crippen LogP contribution in [0.25, 0.3) is 0 Å². The first kappa shape index (κ1) is 5.10. The Labute approximate surface area is 44.4 Å². The molecule has 0 amide bonds. The zero-order valence-corrected chi connectivity index (χ0v) is 4.59. The first-order valence-electron chi connectivity index (χ1n) is 2.80. The maximum Gasteiger partial charge on any atom is 0.0545 e. The molecule has 0 spiro atoms. The quantitative estimate of drug-likeness (QED) is 0.480. The van der Waals surface area contributed by atoms with Gasteiger partial charge in [-0.3, -0.25) is 0 Å². The standard InChI is InChI=1S/C6H11O/c1-5-2-3-6(7)4-5/h2,5-7H,3-4H2,1H3. The van der Waals surface area contributed by atoms with E-state index in [2.05, 4.69) is 13.3 Å². The summed E-state index contributed by atoms with van der Waals surface area (Å²) in [5, 5.41) is 8.87. The summed E-state index contributed by atoms with van der Waals surface area (Å²) in [6.07, 6.45) is 4.02. The van der Waals surface area contributed by atoms with Crippen LogP contribution >= 0.6 is 0 Å². The number of hydrogen-bond donors (Lipinski definition) is 1. The van der Waals surface area contributed by atoms with Crippen molar-refractivity contribution in [3.05, 3.63) is 6.42 Å². The lowest BCUT2D eigenvalue weighted by molar-refractivity contribution is 0.180. The van der Waals surface area contributed by atoms with Gasteiger partial charge in [-0.15, -0.1) is 0 Å². The first-order chi connectivity index (χ1) is 3.29. The molecule has 1 fully saturated rings. The van der Waals surface area contributed by atoms with Crippen molar-refractivity contribution in [2.24, 2.45) is 5.92 Å². The molecule has 2 atom stereocenters. The van der Waals surface area contributed by atoms with E-state index >= 15 is 0 Å². The van der Waals surface area contributed by atoms with Crippen LogP contribution in [0.3, 0.4) is 0 Å². The van der Waals surface area contributed by atoms with Crippen LogP contribution < -0.4 is 0 Å². The fraction of sp³-hybridized carbons (Fsp3) is 0.833. The first-order valence-corrected chi connectivity index (χ1v) is 2.80. The summed E-state index contributed by atoms with van der Waals surface area (Å²) in [4.78, 5) is 0. The average molecular weight is 99.2 g/mol. The van der Waals surface area contributed by atoms with Crippen LogP contribution in [0.4, 0.5) is 0 Å². The highest BCUT2D eigenvalue weighted by molar-refractivity contribution is 4.85. The van der Waals surface area contributed by atoms with Gasteiger partial charge < -0.3 is 5.11 Å². The molecule has 1 N–H and O–H groups in total. The Morgan fingerprint density at radius 1 is 1.71 bits per heavy atom. The van der Waals surface area contributed by atoms with Gasteiger partial charge in [0.15, 0.2) is 0 Å². The van der Waals surface area contributed by atoms with Crippen molar-refractivity contribution >= 4 is 0 Å². The normalized spacial score (nSPS) is 42.0. The average Bonchev–Trinajstić information content (AvgIpc) is 1.87. The molecule has 0 heterocycles. The Hall–Kier alpha value is -0.0400. The molecule has 1 aliphatic rings. The minimum Gasteiger partial charge on any atom is -0.393 e. The predicted molar refractivity (Wildman–Crippen MR) is 28.7 cm³/mol. The lowest BCUT2D eigenvalue weighted by atomic mass is 10.1. The molecule has 2 unspecified atom stereocenters. The highest BCUT2D eigenvalue weighted by atomic mass is 16.3. The Morgan fingerprint density at radius 2 is 2.43 bits per heavy atom. The number of rotatable bonds is 0. The SMILES string of the molecule is CC1[CH]CC(O)C1. The van der Waals surface area contributed by atoms with Gasteiger partial charge in [0.2, 0.25) is 0 Å². The minimum absolute atomic E-state index is 0.0324. The van der Waals surface area contributed by atoms with Crippen LogP contribution in [0.1, 0.15) is 19.8 Å². The third-order valence-corrected chi connectivity index (χ3v) is 1.45. The second-order valence-electron chi connectivity index (χ2n) is 2.34. The van der Waals surface area contributed by atoms with Crippen molar-refractivity contribution in [1.29, 1.82) is 0 Å². The van der Waals surface area contributed by atoms with E-state index in [1.54, 1.807) is 0 Å². The van der Waals surface area contributed by atoms with Crippen molar-refractivity contribution in [3.8, 4) is 0 Å². The maximum atomic E-state index is 8.87.